The number of sulfonamides is 1. The Kier molecular flexibility index (Phi) is 7.63. The maximum Gasteiger partial charge on any atom is 0.252 e. The van der Waals surface area contributed by atoms with Crippen molar-refractivity contribution < 1.29 is 17.9 Å². The van der Waals surface area contributed by atoms with E-state index in [1.807, 2.05) is 6.07 Å². The lowest BCUT2D eigenvalue weighted by atomic mass is 10.3. The Morgan fingerprint density at radius 1 is 1.20 bits per heavy atom. The standard InChI is InChI=1S/C12H22N2O4S2/c1-17-9-7-14(8-10-18-2)20(15,16)12-4-3-11(19-12)5-6-13/h3-4H,5-10,13H2,1-2H3. The largest absolute Gasteiger partial charge is 0.383 e. The predicted molar refractivity (Wildman–Crippen MR) is 79.6 cm³/mol. The van der Waals surface area contributed by atoms with Crippen LogP contribution < -0.4 is 5.73 Å². The van der Waals surface area contributed by atoms with E-state index in [2.05, 4.69) is 0 Å². The molecule has 0 aliphatic heterocycles. The molecule has 0 spiro atoms. The molecule has 0 saturated heterocycles. The van der Waals surface area contributed by atoms with Gasteiger partial charge in [0, 0.05) is 32.2 Å². The first kappa shape index (κ1) is 17.5. The average Bonchev–Trinajstić information content (AvgIpc) is 2.88. The molecule has 2 N–H and O–H groups in total. The number of nitrogens with two attached hydrogens (primary N) is 1. The van der Waals surface area contributed by atoms with Crippen molar-refractivity contribution in [3.63, 3.8) is 0 Å². The molecule has 1 rings (SSSR count). The van der Waals surface area contributed by atoms with Crippen LogP contribution in [0.2, 0.25) is 0 Å². The first-order chi connectivity index (χ1) is 9.56. The van der Waals surface area contributed by atoms with Gasteiger partial charge in [0.2, 0.25) is 0 Å². The van der Waals surface area contributed by atoms with Gasteiger partial charge in [-0.2, -0.15) is 4.31 Å². The molecule has 0 fully saturated rings. The van der Waals surface area contributed by atoms with Gasteiger partial charge in [-0.15, -0.1) is 11.3 Å². The summed E-state index contributed by atoms with van der Waals surface area (Å²) in [7, 11) is -0.398. The second-order valence-corrected chi connectivity index (χ2v) is 7.48. The molecule has 0 aliphatic carbocycles. The van der Waals surface area contributed by atoms with Crippen LogP contribution in [0, 0.1) is 0 Å². The summed E-state index contributed by atoms with van der Waals surface area (Å²) in [5.74, 6) is 0. The van der Waals surface area contributed by atoms with Gasteiger partial charge in [-0.1, -0.05) is 0 Å². The van der Waals surface area contributed by atoms with Crippen LogP contribution in [0.3, 0.4) is 0 Å². The first-order valence-electron chi connectivity index (χ1n) is 6.33. The molecule has 8 heteroatoms. The highest BCUT2D eigenvalue weighted by atomic mass is 32.2. The minimum atomic E-state index is -3.49. The van der Waals surface area contributed by atoms with Crippen LogP contribution in [-0.4, -0.2) is 59.8 Å². The first-order valence-corrected chi connectivity index (χ1v) is 8.58. The number of hydrogen-bond donors (Lipinski definition) is 1. The molecule has 1 aromatic rings. The Labute approximate surface area is 124 Å². The number of methoxy groups -OCH3 is 2. The van der Waals surface area contributed by atoms with Crippen LogP contribution in [0.4, 0.5) is 0 Å². The summed E-state index contributed by atoms with van der Waals surface area (Å²) < 4.78 is 36.8. The second-order valence-electron chi connectivity index (χ2n) is 4.15. The van der Waals surface area contributed by atoms with Crippen molar-refractivity contribution in [2.75, 3.05) is 47.1 Å². The summed E-state index contributed by atoms with van der Waals surface area (Å²) in [6.45, 7) is 1.84. The van der Waals surface area contributed by atoms with E-state index in [1.54, 1.807) is 20.3 Å². The maximum absolute atomic E-state index is 12.6. The lowest BCUT2D eigenvalue weighted by molar-refractivity contribution is 0.150. The van der Waals surface area contributed by atoms with E-state index in [0.29, 0.717) is 43.5 Å². The molecule has 0 aliphatic rings. The summed E-state index contributed by atoms with van der Waals surface area (Å²) >= 11 is 1.27. The van der Waals surface area contributed by atoms with Gasteiger partial charge in [0.05, 0.1) is 13.2 Å². The SMILES string of the molecule is COCCN(CCOC)S(=O)(=O)c1ccc(CCN)s1. The van der Waals surface area contributed by atoms with Gasteiger partial charge in [-0.25, -0.2) is 8.42 Å². The summed E-state index contributed by atoms with van der Waals surface area (Å²) in [6.07, 6.45) is 0.691. The lowest BCUT2D eigenvalue weighted by Crippen LogP contribution is -2.36. The molecular formula is C12H22N2O4S2. The Balaban J connectivity index is 2.88. The van der Waals surface area contributed by atoms with E-state index in [1.165, 1.54) is 15.6 Å². The Morgan fingerprint density at radius 2 is 1.80 bits per heavy atom. The zero-order valence-electron chi connectivity index (χ0n) is 11.9. The highest BCUT2D eigenvalue weighted by Crippen LogP contribution is 2.25. The zero-order valence-corrected chi connectivity index (χ0v) is 13.5. The van der Waals surface area contributed by atoms with E-state index in [0.717, 1.165) is 4.88 Å². The third-order valence-electron chi connectivity index (χ3n) is 2.71. The Bertz CT molecular complexity index is 479. The third-order valence-corrected chi connectivity index (χ3v) is 6.22. The maximum atomic E-state index is 12.6. The minimum absolute atomic E-state index is 0.312. The molecule has 0 amide bonds. The topological polar surface area (TPSA) is 81.9 Å². The monoisotopic (exact) mass is 322 g/mol. The molecule has 1 aromatic heterocycles. The molecule has 0 atom stereocenters. The molecule has 0 aromatic carbocycles. The number of ether oxygens (including phenoxy) is 2. The third kappa shape index (κ3) is 4.80. The molecular weight excluding hydrogens is 300 g/mol. The molecule has 6 nitrogen and oxygen atoms in total. The van der Waals surface area contributed by atoms with Crippen LogP contribution in [0.15, 0.2) is 16.3 Å². The van der Waals surface area contributed by atoms with Gasteiger partial charge >= 0.3 is 0 Å². The average molecular weight is 322 g/mol. The van der Waals surface area contributed by atoms with Crippen LogP contribution in [0.25, 0.3) is 0 Å². The molecule has 1 heterocycles. The van der Waals surface area contributed by atoms with Crippen molar-refractivity contribution in [3.05, 3.63) is 17.0 Å². The van der Waals surface area contributed by atoms with Crippen molar-refractivity contribution >= 4 is 21.4 Å². The Morgan fingerprint density at radius 3 is 2.30 bits per heavy atom. The summed E-state index contributed by atoms with van der Waals surface area (Å²) in [4.78, 5) is 0.976. The van der Waals surface area contributed by atoms with Crippen molar-refractivity contribution in [2.24, 2.45) is 5.73 Å². The zero-order chi connectivity index (χ0) is 15.0. The van der Waals surface area contributed by atoms with Gasteiger partial charge in [0.15, 0.2) is 0 Å². The van der Waals surface area contributed by atoms with E-state index >= 15 is 0 Å². The minimum Gasteiger partial charge on any atom is -0.383 e. The predicted octanol–water partition coefficient (Wildman–Crippen LogP) is 0.533. The van der Waals surface area contributed by atoms with Crippen molar-refractivity contribution in [3.8, 4) is 0 Å². The highest BCUT2D eigenvalue weighted by Gasteiger charge is 2.25. The lowest BCUT2D eigenvalue weighted by Gasteiger charge is -2.20. The second kappa shape index (κ2) is 8.71. The number of nitrogens with zero attached hydrogens (tertiary/aromatic N) is 1. The summed E-state index contributed by atoms with van der Waals surface area (Å²) in [6, 6.07) is 3.45. The van der Waals surface area contributed by atoms with Crippen molar-refractivity contribution in [2.45, 2.75) is 10.6 Å². The van der Waals surface area contributed by atoms with Crippen LogP contribution >= 0.6 is 11.3 Å². The molecule has 20 heavy (non-hydrogen) atoms. The number of thiophene rings is 1. The molecule has 0 bridgehead atoms. The van der Waals surface area contributed by atoms with Gasteiger partial charge in [-0.3, -0.25) is 0 Å². The highest BCUT2D eigenvalue weighted by molar-refractivity contribution is 7.91. The van der Waals surface area contributed by atoms with Crippen LogP contribution in [-0.2, 0) is 25.9 Å². The summed E-state index contributed by atoms with van der Waals surface area (Å²) in [5.41, 5.74) is 5.48. The van der Waals surface area contributed by atoms with Crippen LogP contribution in [0.1, 0.15) is 4.88 Å². The van der Waals surface area contributed by atoms with Gasteiger partial charge in [-0.05, 0) is 25.1 Å². The van der Waals surface area contributed by atoms with Gasteiger partial charge in [0.1, 0.15) is 4.21 Å². The molecule has 0 saturated carbocycles. The summed E-state index contributed by atoms with van der Waals surface area (Å²) in [5, 5.41) is 0. The molecule has 0 radical (unpaired) electrons. The fraction of sp³-hybridized carbons (Fsp3) is 0.667. The fourth-order valence-corrected chi connectivity index (χ4v) is 4.57. The van der Waals surface area contributed by atoms with E-state index in [-0.39, 0.29) is 0 Å². The smallest absolute Gasteiger partial charge is 0.252 e. The molecule has 116 valence electrons. The van der Waals surface area contributed by atoms with Gasteiger partial charge < -0.3 is 15.2 Å². The van der Waals surface area contributed by atoms with Gasteiger partial charge in [0.25, 0.3) is 10.0 Å². The van der Waals surface area contributed by atoms with Crippen molar-refractivity contribution in [1.29, 1.82) is 0 Å². The number of rotatable bonds is 10. The van der Waals surface area contributed by atoms with E-state index in [4.69, 9.17) is 15.2 Å². The quantitative estimate of drug-likeness (QED) is 0.679. The molecule has 0 unspecified atom stereocenters. The Hall–Kier alpha value is -0.510. The van der Waals surface area contributed by atoms with E-state index < -0.39 is 10.0 Å². The normalized spacial score (nSPS) is 12.2. The van der Waals surface area contributed by atoms with Crippen LogP contribution in [0.5, 0.6) is 0 Å². The fourth-order valence-electron chi connectivity index (χ4n) is 1.64. The van der Waals surface area contributed by atoms with E-state index in [9.17, 15) is 8.42 Å². The number of hydrogen-bond acceptors (Lipinski definition) is 6. The van der Waals surface area contributed by atoms with Crippen molar-refractivity contribution in [1.82, 2.24) is 4.31 Å².